The maximum atomic E-state index is 12.5. The number of rotatable bonds is 6. The summed E-state index contributed by atoms with van der Waals surface area (Å²) in [6.07, 6.45) is 3.67. The smallest absolute Gasteiger partial charge is 0.230 e. The van der Waals surface area contributed by atoms with Crippen LogP contribution in [0.1, 0.15) is 24.1 Å². The Labute approximate surface area is 174 Å². The van der Waals surface area contributed by atoms with Crippen LogP contribution in [0.5, 0.6) is 11.5 Å². The second kappa shape index (κ2) is 8.61. The summed E-state index contributed by atoms with van der Waals surface area (Å²) >= 11 is 1.42. The lowest BCUT2D eigenvalue weighted by molar-refractivity contribution is -0.119. The van der Waals surface area contributed by atoms with Crippen molar-refractivity contribution in [1.82, 2.24) is 14.9 Å². The van der Waals surface area contributed by atoms with Crippen LogP contribution in [-0.4, -0.2) is 34.4 Å². The van der Waals surface area contributed by atoms with Gasteiger partial charge in [0.2, 0.25) is 5.91 Å². The van der Waals surface area contributed by atoms with Gasteiger partial charge in [0, 0.05) is 12.4 Å². The number of nitrogens with one attached hydrogen (secondary N) is 1. The quantitative estimate of drug-likeness (QED) is 0.625. The third kappa shape index (κ3) is 4.40. The van der Waals surface area contributed by atoms with Crippen molar-refractivity contribution in [1.29, 1.82) is 0 Å². The van der Waals surface area contributed by atoms with Crippen molar-refractivity contribution in [2.75, 3.05) is 19.0 Å². The van der Waals surface area contributed by atoms with Crippen LogP contribution < -0.4 is 14.8 Å². The fourth-order valence-electron chi connectivity index (χ4n) is 3.24. The zero-order chi connectivity index (χ0) is 20.2. The Morgan fingerprint density at radius 1 is 1.21 bits per heavy atom. The van der Waals surface area contributed by atoms with E-state index in [1.807, 2.05) is 54.1 Å². The molecule has 0 aliphatic carbocycles. The van der Waals surface area contributed by atoms with Crippen molar-refractivity contribution in [2.24, 2.45) is 0 Å². The highest BCUT2D eigenvalue weighted by Gasteiger charge is 2.16. The van der Waals surface area contributed by atoms with E-state index in [4.69, 9.17) is 9.47 Å². The molecule has 0 saturated carbocycles. The van der Waals surface area contributed by atoms with Gasteiger partial charge in [0.15, 0.2) is 16.7 Å². The molecule has 150 valence electrons. The van der Waals surface area contributed by atoms with Gasteiger partial charge >= 0.3 is 0 Å². The topological polar surface area (TPSA) is 65.4 Å². The van der Waals surface area contributed by atoms with Gasteiger partial charge in [-0.25, -0.2) is 4.98 Å². The SMILES string of the molecule is Cc1ccccc1-n1ccnc1SCC(=O)NC(C)c1ccc2c(c1)OCCO2. The zero-order valence-corrected chi connectivity index (χ0v) is 17.2. The van der Waals surface area contributed by atoms with Crippen molar-refractivity contribution in [3.8, 4) is 17.2 Å². The number of carbonyl (C=O) groups is 1. The van der Waals surface area contributed by atoms with E-state index in [-0.39, 0.29) is 17.7 Å². The maximum absolute atomic E-state index is 12.5. The number of para-hydroxylation sites is 1. The highest BCUT2D eigenvalue weighted by molar-refractivity contribution is 7.99. The molecule has 7 heteroatoms. The molecule has 0 fully saturated rings. The largest absolute Gasteiger partial charge is 0.486 e. The minimum Gasteiger partial charge on any atom is -0.486 e. The van der Waals surface area contributed by atoms with Gasteiger partial charge in [0.25, 0.3) is 0 Å². The number of imidazole rings is 1. The van der Waals surface area contributed by atoms with E-state index < -0.39 is 0 Å². The van der Waals surface area contributed by atoms with Crippen LogP contribution in [0.2, 0.25) is 0 Å². The zero-order valence-electron chi connectivity index (χ0n) is 16.4. The van der Waals surface area contributed by atoms with E-state index in [0.717, 1.165) is 33.5 Å². The molecule has 2 heterocycles. The predicted molar refractivity (Wildman–Crippen MR) is 113 cm³/mol. The molecular formula is C22H23N3O3S. The highest BCUT2D eigenvalue weighted by Crippen LogP contribution is 2.32. The van der Waals surface area contributed by atoms with E-state index in [1.165, 1.54) is 11.8 Å². The first kappa shape index (κ1) is 19.4. The number of thioether (sulfide) groups is 1. The molecule has 3 aromatic rings. The first-order valence-corrected chi connectivity index (χ1v) is 10.5. The third-order valence-corrected chi connectivity index (χ3v) is 5.72. The molecule has 1 N–H and O–H groups in total. The molecule has 0 bridgehead atoms. The van der Waals surface area contributed by atoms with Gasteiger partial charge in [-0.1, -0.05) is 36.0 Å². The van der Waals surface area contributed by atoms with Crippen molar-refractivity contribution in [3.63, 3.8) is 0 Å². The van der Waals surface area contributed by atoms with Gasteiger partial charge in [0.05, 0.1) is 17.5 Å². The number of hydrogen-bond donors (Lipinski definition) is 1. The number of nitrogens with zero attached hydrogens (tertiary/aromatic N) is 2. The number of amides is 1. The van der Waals surface area contributed by atoms with E-state index in [2.05, 4.69) is 23.3 Å². The predicted octanol–water partition coefficient (Wildman–Crippen LogP) is 3.92. The minimum absolute atomic E-state index is 0.0447. The number of hydrogen-bond acceptors (Lipinski definition) is 5. The Hall–Kier alpha value is -2.93. The van der Waals surface area contributed by atoms with Crippen LogP contribution in [0, 0.1) is 6.92 Å². The molecule has 0 radical (unpaired) electrons. The summed E-state index contributed by atoms with van der Waals surface area (Å²) in [4.78, 5) is 16.9. The number of carbonyl (C=O) groups excluding carboxylic acids is 1. The number of aryl methyl sites for hydroxylation is 1. The van der Waals surface area contributed by atoms with Gasteiger partial charge in [0.1, 0.15) is 13.2 Å². The first-order chi connectivity index (χ1) is 14.1. The Morgan fingerprint density at radius 3 is 2.83 bits per heavy atom. The average molecular weight is 410 g/mol. The number of benzene rings is 2. The van der Waals surface area contributed by atoms with Crippen LogP contribution in [0.25, 0.3) is 5.69 Å². The molecule has 1 aliphatic rings. The van der Waals surface area contributed by atoms with Crippen molar-refractivity contribution in [2.45, 2.75) is 25.0 Å². The Morgan fingerprint density at radius 2 is 2.00 bits per heavy atom. The van der Waals surface area contributed by atoms with E-state index in [9.17, 15) is 4.79 Å². The van der Waals surface area contributed by atoms with Crippen molar-refractivity contribution >= 4 is 17.7 Å². The third-order valence-electron chi connectivity index (χ3n) is 4.76. The Bertz CT molecular complexity index is 1020. The van der Waals surface area contributed by atoms with Gasteiger partial charge in [-0.05, 0) is 43.2 Å². The number of aromatic nitrogens is 2. The van der Waals surface area contributed by atoms with Crippen molar-refractivity contribution < 1.29 is 14.3 Å². The van der Waals surface area contributed by atoms with Gasteiger partial charge in [-0.15, -0.1) is 0 Å². The molecule has 4 rings (SSSR count). The number of ether oxygens (including phenoxy) is 2. The molecule has 1 atom stereocenters. The van der Waals surface area contributed by atoms with Crippen LogP contribution in [-0.2, 0) is 4.79 Å². The molecule has 0 saturated heterocycles. The van der Waals surface area contributed by atoms with Crippen molar-refractivity contribution in [3.05, 3.63) is 66.0 Å². The summed E-state index contributed by atoms with van der Waals surface area (Å²) in [5.41, 5.74) is 3.20. The molecular weight excluding hydrogens is 386 g/mol. The Kier molecular flexibility index (Phi) is 5.76. The molecule has 1 amide bonds. The second-order valence-electron chi connectivity index (χ2n) is 6.85. The fourth-order valence-corrected chi connectivity index (χ4v) is 4.02. The molecule has 6 nitrogen and oxygen atoms in total. The van der Waals surface area contributed by atoms with E-state index >= 15 is 0 Å². The summed E-state index contributed by atoms with van der Waals surface area (Å²) in [6.45, 7) is 5.13. The lowest BCUT2D eigenvalue weighted by Crippen LogP contribution is -2.28. The van der Waals surface area contributed by atoms with Gasteiger partial charge < -0.3 is 14.8 Å². The summed E-state index contributed by atoms with van der Waals surface area (Å²) in [6, 6.07) is 13.8. The number of fused-ring (bicyclic) bond motifs is 1. The molecule has 1 unspecified atom stereocenters. The summed E-state index contributed by atoms with van der Waals surface area (Å²) in [5, 5.41) is 3.84. The van der Waals surface area contributed by atoms with Crippen LogP contribution in [0.15, 0.2) is 60.0 Å². The van der Waals surface area contributed by atoms with Gasteiger partial charge in [-0.3, -0.25) is 9.36 Å². The lowest BCUT2D eigenvalue weighted by Gasteiger charge is -2.21. The lowest BCUT2D eigenvalue weighted by atomic mass is 10.1. The molecule has 0 spiro atoms. The molecule has 1 aliphatic heterocycles. The van der Waals surface area contributed by atoms with Crippen LogP contribution in [0.3, 0.4) is 0 Å². The van der Waals surface area contributed by atoms with Crippen LogP contribution >= 0.6 is 11.8 Å². The molecule has 29 heavy (non-hydrogen) atoms. The average Bonchev–Trinajstić information content (AvgIpc) is 3.20. The monoisotopic (exact) mass is 409 g/mol. The van der Waals surface area contributed by atoms with E-state index in [1.54, 1.807) is 6.20 Å². The highest BCUT2D eigenvalue weighted by atomic mass is 32.2. The molecule has 1 aromatic heterocycles. The normalized spacial score (nSPS) is 13.7. The Balaban J connectivity index is 1.38. The standard InChI is InChI=1S/C22H23N3O3S/c1-15-5-3-4-6-18(15)25-10-9-23-22(25)29-14-21(26)24-16(2)17-7-8-19-20(13-17)28-12-11-27-19/h3-10,13,16H,11-12,14H2,1-2H3,(H,24,26). The summed E-state index contributed by atoms with van der Waals surface area (Å²) in [7, 11) is 0. The van der Waals surface area contributed by atoms with E-state index in [0.29, 0.717) is 13.2 Å². The van der Waals surface area contributed by atoms with Crippen LogP contribution in [0.4, 0.5) is 0 Å². The summed E-state index contributed by atoms with van der Waals surface area (Å²) < 4.78 is 13.2. The van der Waals surface area contributed by atoms with Gasteiger partial charge in [-0.2, -0.15) is 0 Å². The molecule has 2 aromatic carbocycles. The second-order valence-corrected chi connectivity index (χ2v) is 7.79. The fraction of sp³-hybridized carbons (Fsp3) is 0.273. The first-order valence-electron chi connectivity index (χ1n) is 9.53. The summed E-state index contributed by atoms with van der Waals surface area (Å²) in [5.74, 6) is 1.72. The minimum atomic E-state index is -0.130. The maximum Gasteiger partial charge on any atom is 0.230 e.